The van der Waals surface area contributed by atoms with E-state index in [0.717, 1.165) is 31.9 Å². The van der Waals surface area contributed by atoms with Gasteiger partial charge in [0.05, 0.1) is 0 Å². The van der Waals surface area contributed by atoms with Crippen molar-refractivity contribution in [3.8, 4) is 0 Å². The van der Waals surface area contributed by atoms with Crippen LogP contribution in [0, 0.1) is 0 Å². The van der Waals surface area contributed by atoms with Gasteiger partial charge in [-0.15, -0.1) is 6.58 Å². The summed E-state index contributed by atoms with van der Waals surface area (Å²) in [5, 5.41) is 2.39. The average molecular weight is 291 g/mol. The summed E-state index contributed by atoms with van der Waals surface area (Å²) in [6, 6.07) is -0.842. The SMILES string of the molecule is C=CCN1C(N2CCCCC2)=NC2C1C(=O)NC(=O)N2C. The van der Waals surface area contributed by atoms with Gasteiger partial charge in [0.1, 0.15) is 0 Å². The maximum Gasteiger partial charge on any atom is 0.325 e. The number of nitrogens with one attached hydrogen (secondary N) is 1. The van der Waals surface area contributed by atoms with E-state index in [4.69, 9.17) is 0 Å². The van der Waals surface area contributed by atoms with Crippen LogP contribution in [0.15, 0.2) is 17.6 Å². The molecule has 21 heavy (non-hydrogen) atoms. The molecular weight excluding hydrogens is 270 g/mol. The number of carbonyl (C=O) groups is 2. The summed E-state index contributed by atoms with van der Waals surface area (Å²) in [4.78, 5) is 34.3. The minimum Gasteiger partial charge on any atom is -0.343 e. The normalized spacial score (nSPS) is 29.2. The molecule has 114 valence electrons. The van der Waals surface area contributed by atoms with Crippen molar-refractivity contribution >= 4 is 17.9 Å². The second kappa shape index (κ2) is 5.38. The van der Waals surface area contributed by atoms with Gasteiger partial charge in [0.25, 0.3) is 5.91 Å². The summed E-state index contributed by atoms with van der Waals surface area (Å²) < 4.78 is 0. The summed E-state index contributed by atoms with van der Waals surface area (Å²) in [5.41, 5.74) is 0. The quantitative estimate of drug-likeness (QED) is 0.738. The van der Waals surface area contributed by atoms with Gasteiger partial charge in [-0.2, -0.15) is 0 Å². The van der Waals surface area contributed by atoms with Gasteiger partial charge in [0.2, 0.25) is 0 Å². The average Bonchev–Trinajstić information content (AvgIpc) is 2.86. The Labute approximate surface area is 124 Å². The fraction of sp³-hybridized carbons (Fsp3) is 0.643. The minimum atomic E-state index is -0.456. The number of urea groups is 1. The lowest BCUT2D eigenvalue weighted by Gasteiger charge is -2.38. The highest BCUT2D eigenvalue weighted by Gasteiger charge is 2.49. The van der Waals surface area contributed by atoms with E-state index in [-0.39, 0.29) is 11.9 Å². The number of nitrogens with zero attached hydrogens (tertiary/aromatic N) is 4. The first kappa shape index (κ1) is 13.9. The van der Waals surface area contributed by atoms with Gasteiger partial charge in [0, 0.05) is 26.7 Å². The van der Waals surface area contributed by atoms with Crippen molar-refractivity contribution in [3.63, 3.8) is 0 Å². The molecular formula is C14H21N5O2. The molecule has 2 unspecified atom stereocenters. The van der Waals surface area contributed by atoms with Crippen LogP contribution >= 0.6 is 0 Å². The van der Waals surface area contributed by atoms with Crippen molar-refractivity contribution < 1.29 is 9.59 Å². The molecule has 3 rings (SSSR count). The van der Waals surface area contributed by atoms with Gasteiger partial charge in [-0.05, 0) is 19.3 Å². The topological polar surface area (TPSA) is 68.2 Å². The number of rotatable bonds is 2. The van der Waals surface area contributed by atoms with Crippen LogP contribution in [-0.4, -0.2) is 71.5 Å². The Kier molecular flexibility index (Phi) is 3.57. The Hall–Kier alpha value is -2.05. The fourth-order valence-corrected chi connectivity index (χ4v) is 3.20. The lowest BCUT2D eigenvalue weighted by atomic mass is 10.1. The van der Waals surface area contributed by atoms with E-state index < -0.39 is 12.2 Å². The van der Waals surface area contributed by atoms with E-state index in [1.807, 2.05) is 4.90 Å². The van der Waals surface area contributed by atoms with Crippen molar-refractivity contribution in [2.45, 2.75) is 31.5 Å². The minimum absolute atomic E-state index is 0.277. The maximum absolute atomic E-state index is 12.2. The fourth-order valence-electron chi connectivity index (χ4n) is 3.20. The molecule has 3 heterocycles. The number of amides is 3. The highest BCUT2D eigenvalue weighted by Crippen LogP contribution is 2.26. The Morgan fingerprint density at radius 1 is 1.33 bits per heavy atom. The number of aliphatic imine (C=N–C) groups is 1. The third-order valence-electron chi connectivity index (χ3n) is 4.30. The van der Waals surface area contributed by atoms with E-state index >= 15 is 0 Å². The lowest BCUT2D eigenvalue weighted by molar-refractivity contribution is -0.127. The molecule has 0 aliphatic carbocycles. The summed E-state index contributed by atoms with van der Waals surface area (Å²) in [7, 11) is 1.67. The number of likely N-dealkylation sites (tertiary alicyclic amines) is 1. The molecule has 0 bridgehead atoms. The molecule has 1 N–H and O–H groups in total. The third kappa shape index (κ3) is 2.26. The van der Waals surface area contributed by atoms with Gasteiger partial charge in [-0.1, -0.05) is 6.08 Å². The highest BCUT2D eigenvalue weighted by atomic mass is 16.2. The van der Waals surface area contributed by atoms with Gasteiger partial charge >= 0.3 is 6.03 Å². The Balaban J connectivity index is 1.91. The summed E-state index contributed by atoms with van der Waals surface area (Å²) >= 11 is 0. The number of fused-ring (bicyclic) bond motifs is 1. The first-order valence-corrected chi connectivity index (χ1v) is 7.41. The predicted octanol–water partition coefficient (Wildman–Crippen LogP) is 0.206. The predicted molar refractivity (Wildman–Crippen MR) is 78.6 cm³/mol. The maximum atomic E-state index is 12.2. The highest BCUT2D eigenvalue weighted by molar-refractivity contribution is 6.03. The molecule has 3 aliphatic rings. The summed E-state index contributed by atoms with van der Waals surface area (Å²) in [6.45, 7) is 6.22. The molecule has 0 aromatic heterocycles. The largest absolute Gasteiger partial charge is 0.343 e. The van der Waals surface area contributed by atoms with Gasteiger partial charge in [0.15, 0.2) is 18.2 Å². The van der Waals surface area contributed by atoms with Crippen LogP contribution < -0.4 is 5.32 Å². The first-order valence-electron chi connectivity index (χ1n) is 7.41. The Morgan fingerprint density at radius 3 is 2.71 bits per heavy atom. The van der Waals surface area contributed by atoms with Crippen molar-refractivity contribution in [1.29, 1.82) is 0 Å². The van der Waals surface area contributed by atoms with Crippen LogP contribution in [0.5, 0.6) is 0 Å². The molecule has 7 heteroatoms. The van der Waals surface area contributed by atoms with E-state index in [1.165, 1.54) is 11.3 Å². The van der Waals surface area contributed by atoms with Crippen LogP contribution in [0.3, 0.4) is 0 Å². The molecule has 0 aromatic carbocycles. The van der Waals surface area contributed by atoms with Gasteiger partial charge < -0.3 is 14.7 Å². The van der Waals surface area contributed by atoms with Crippen molar-refractivity contribution in [2.75, 3.05) is 26.7 Å². The number of carbonyl (C=O) groups excluding carboxylic acids is 2. The Morgan fingerprint density at radius 2 is 2.05 bits per heavy atom. The number of hydrogen-bond acceptors (Lipinski definition) is 5. The molecule has 3 aliphatic heterocycles. The molecule has 2 saturated heterocycles. The van der Waals surface area contributed by atoms with Crippen LogP contribution in [-0.2, 0) is 4.79 Å². The molecule has 2 atom stereocenters. The van der Waals surface area contributed by atoms with E-state index in [1.54, 1.807) is 13.1 Å². The Bertz CT molecular complexity index is 498. The smallest absolute Gasteiger partial charge is 0.325 e. The standard InChI is InChI=1S/C14H21N5O2/c1-3-7-19-10-11(17(2)14(21)16-12(10)20)15-13(19)18-8-5-4-6-9-18/h3,10-11H,1,4-9H2,2H3,(H,16,20,21). The first-order chi connectivity index (χ1) is 10.1. The van der Waals surface area contributed by atoms with Crippen molar-refractivity contribution in [1.82, 2.24) is 20.0 Å². The molecule has 0 aromatic rings. The third-order valence-corrected chi connectivity index (χ3v) is 4.30. The van der Waals surface area contributed by atoms with E-state index in [9.17, 15) is 9.59 Å². The second-order valence-corrected chi connectivity index (χ2v) is 5.68. The zero-order valence-electron chi connectivity index (χ0n) is 12.3. The molecule has 2 fully saturated rings. The van der Waals surface area contributed by atoms with Crippen LogP contribution in [0.25, 0.3) is 0 Å². The van der Waals surface area contributed by atoms with Gasteiger partial charge in [-0.3, -0.25) is 10.1 Å². The lowest BCUT2D eigenvalue weighted by Crippen LogP contribution is -2.64. The van der Waals surface area contributed by atoms with E-state index in [0.29, 0.717) is 6.54 Å². The molecule has 3 amide bonds. The molecule has 0 radical (unpaired) electrons. The second-order valence-electron chi connectivity index (χ2n) is 5.68. The molecule has 0 saturated carbocycles. The molecule has 0 spiro atoms. The number of hydrogen-bond donors (Lipinski definition) is 1. The van der Waals surface area contributed by atoms with Crippen LogP contribution in [0.2, 0.25) is 0 Å². The number of imide groups is 1. The van der Waals surface area contributed by atoms with Crippen LogP contribution in [0.4, 0.5) is 4.79 Å². The number of likely N-dealkylation sites (N-methyl/N-ethyl adjacent to an activating group) is 1. The monoisotopic (exact) mass is 291 g/mol. The summed E-state index contributed by atoms with van der Waals surface area (Å²) in [5.74, 6) is 0.544. The van der Waals surface area contributed by atoms with E-state index in [2.05, 4.69) is 21.8 Å². The van der Waals surface area contributed by atoms with Crippen molar-refractivity contribution in [2.24, 2.45) is 4.99 Å². The number of guanidine groups is 1. The zero-order valence-corrected chi connectivity index (χ0v) is 12.3. The van der Waals surface area contributed by atoms with Crippen LogP contribution in [0.1, 0.15) is 19.3 Å². The number of piperidine rings is 1. The molecule has 7 nitrogen and oxygen atoms in total. The zero-order chi connectivity index (χ0) is 15.0. The van der Waals surface area contributed by atoms with Crippen molar-refractivity contribution in [3.05, 3.63) is 12.7 Å². The van der Waals surface area contributed by atoms with Gasteiger partial charge in [-0.25, -0.2) is 9.79 Å². The summed E-state index contributed by atoms with van der Waals surface area (Å²) in [6.07, 6.45) is 4.83.